The Hall–Kier alpha value is -2.02. The lowest BCUT2D eigenvalue weighted by Crippen LogP contribution is -2.41. The average Bonchev–Trinajstić information content (AvgIpc) is 2.91. The molecule has 0 bridgehead atoms. The number of esters is 1. The number of nitrogens with one attached hydrogen (secondary N) is 1. The highest BCUT2D eigenvalue weighted by molar-refractivity contribution is 8.01. The number of hydrogen-bond donors (Lipinski definition) is 1. The lowest BCUT2D eigenvalue weighted by molar-refractivity contribution is -0.159. The first kappa shape index (κ1) is 18.8. The molecule has 7 heteroatoms. The summed E-state index contributed by atoms with van der Waals surface area (Å²) in [7, 11) is 0. The normalized spacial score (nSPS) is 21.2. The van der Waals surface area contributed by atoms with Crippen molar-refractivity contribution < 1.29 is 19.1 Å². The third kappa shape index (κ3) is 4.58. The molecule has 0 saturated carbocycles. The van der Waals surface area contributed by atoms with E-state index in [4.69, 9.17) is 4.74 Å². The molecular formula is C19H24N2O4S. The first-order valence-electron chi connectivity index (χ1n) is 9.09. The molecule has 1 aromatic rings. The molecule has 2 amide bonds. The van der Waals surface area contributed by atoms with Crippen LogP contribution in [0.2, 0.25) is 0 Å². The number of benzene rings is 1. The lowest BCUT2D eigenvalue weighted by atomic mass is 10.2. The number of ether oxygens (including phenoxy) is 1. The fourth-order valence-corrected chi connectivity index (χ4v) is 4.32. The number of fused-ring (bicyclic) bond motifs is 1. The maximum Gasteiger partial charge on any atom is 0.308 e. The van der Waals surface area contributed by atoms with Crippen molar-refractivity contribution in [2.24, 2.45) is 0 Å². The van der Waals surface area contributed by atoms with E-state index in [0.29, 0.717) is 0 Å². The monoisotopic (exact) mass is 376 g/mol. The molecule has 0 aromatic heterocycles. The van der Waals surface area contributed by atoms with Gasteiger partial charge >= 0.3 is 5.97 Å². The molecule has 2 aliphatic rings. The maximum absolute atomic E-state index is 12.5. The highest BCUT2D eigenvalue weighted by Gasteiger charge is 2.31. The van der Waals surface area contributed by atoms with Gasteiger partial charge < -0.3 is 15.0 Å². The van der Waals surface area contributed by atoms with Crippen molar-refractivity contribution in [3.8, 4) is 0 Å². The molecule has 2 aliphatic heterocycles. The second kappa shape index (κ2) is 8.58. The predicted octanol–water partition coefficient (Wildman–Crippen LogP) is 2.82. The molecular weight excluding hydrogens is 352 g/mol. The smallest absolute Gasteiger partial charge is 0.308 e. The van der Waals surface area contributed by atoms with Gasteiger partial charge in [-0.2, -0.15) is 0 Å². The van der Waals surface area contributed by atoms with Crippen LogP contribution in [0.1, 0.15) is 39.0 Å². The highest BCUT2D eigenvalue weighted by Crippen LogP contribution is 2.36. The summed E-state index contributed by atoms with van der Waals surface area (Å²) in [6, 6.07) is 7.48. The SMILES string of the molecule is C[C@@H](OC(=O)C[C@H]1Sc2ccccc2NC1=O)C(=O)N1CCCCCC1. The van der Waals surface area contributed by atoms with Gasteiger partial charge in [0.2, 0.25) is 5.91 Å². The van der Waals surface area contributed by atoms with Crippen LogP contribution in [0.25, 0.3) is 0 Å². The molecule has 0 spiro atoms. The number of rotatable bonds is 4. The summed E-state index contributed by atoms with van der Waals surface area (Å²) in [6.45, 7) is 3.05. The maximum atomic E-state index is 12.5. The molecule has 1 fully saturated rings. The molecule has 0 unspecified atom stereocenters. The zero-order valence-corrected chi connectivity index (χ0v) is 15.7. The van der Waals surface area contributed by atoms with Crippen LogP contribution in [0.15, 0.2) is 29.2 Å². The number of para-hydroxylation sites is 1. The fraction of sp³-hybridized carbons (Fsp3) is 0.526. The molecule has 140 valence electrons. The van der Waals surface area contributed by atoms with Gasteiger partial charge in [-0.05, 0) is 31.9 Å². The molecule has 0 aliphatic carbocycles. The van der Waals surface area contributed by atoms with Gasteiger partial charge in [0.1, 0.15) is 0 Å². The van der Waals surface area contributed by atoms with E-state index in [9.17, 15) is 14.4 Å². The second-order valence-electron chi connectivity index (χ2n) is 6.67. The van der Waals surface area contributed by atoms with Gasteiger partial charge in [0.15, 0.2) is 6.10 Å². The number of likely N-dealkylation sites (tertiary alicyclic amines) is 1. The molecule has 2 atom stereocenters. The van der Waals surface area contributed by atoms with Crippen molar-refractivity contribution in [3.05, 3.63) is 24.3 Å². The Morgan fingerprint density at radius 2 is 1.92 bits per heavy atom. The quantitative estimate of drug-likeness (QED) is 0.818. The van der Waals surface area contributed by atoms with E-state index < -0.39 is 17.3 Å². The van der Waals surface area contributed by atoms with Gasteiger partial charge in [0, 0.05) is 18.0 Å². The summed E-state index contributed by atoms with van der Waals surface area (Å²) in [6.07, 6.45) is 3.38. The van der Waals surface area contributed by atoms with Crippen LogP contribution >= 0.6 is 11.8 Å². The molecule has 6 nitrogen and oxygen atoms in total. The van der Waals surface area contributed by atoms with Gasteiger partial charge in [-0.25, -0.2) is 0 Å². The molecule has 1 saturated heterocycles. The number of hydrogen-bond acceptors (Lipinski definition) is 5. The van der Waals surface area contributed by atoms with E-state index in [-0.39, 0.29) is 18.2 Å². The van der Waals surface area contributed by atoms with Crippen LogP contribution in [0.3, 0.4) is 0 Å². The van der Waals surface area contributed by atoms with Crippen molar-refractivity contribution >= 4 is 35.2 Å². The predicted molar refractivity (Wildman–Crippen MR) is 99.9 cm³/mol. The third-order valence-electron chi connectivity index (χ3n) is 4.63. The van der Waals surface area contributed by atoms with Crippen molar-refractivity contribution in [3.63, 3.8) is 0 Å². The van der Waals surface area contributed by atoms with E-state index in [1.54, 1.807) is 11.8 Å². The summed E-state index contributed by atoms with van der Waals surface area (Å²) in [5, 5.41) is 2.26. The first-order chi connectivity index (χ1) is 12.5. The highest BCUT2D eigenvalue weighted by atomic mass is 32.2. The molecule has 1 aromatic carbocycles. The number of nitrogens with zero attached hydrogens (tertiary/aromatic N) is 1. The second-order valence-corrected chi connectivity index (χ2v) is 7.91. The Kier molecular flexibility index (Phi) is 6.19. The van der Waals surface area contributed by atoms with Crippen molar-refractivity contribution in [1.82, 2.24) is 4.90 Å². The Bertz CT molecular complexity index is 686. The average molecular weight is 376 g/mol. The Balaban J connectivity index is 1.53. The van der Waals surface area contributed by atoms with E-state index >= 15 is 0 Å². The molecule has 2 heterocycles. The molecule has 0 radical (unpaired) electrons. The standard InChI is InChI=1S/C19H24N2O4S/c1-13(19(24)21-10-6-2-3-7-11-21)25-17(22)12-16-18(23)20-14-8-4-5-9-15(14)26-16/h4-5,8-9,13,16H,2-3,6-7,10-12H2,1H3,(H,20,23)/t13-,16-/m1/s1. The summed E-state index contributed by atoms with van der Waals surface area (Å²) in [4.78, 5) is 39.6. The van der Waals surface area contributed by atoms with Crippen LogP contribution in [-0.2, 0) is 19.1 Å². The van der Waals surface area contributed by atoms with Crippen molar-refractivity contribution in [2.75, 3.05) is 18.4 Å². The van der Waals surface area contributed by atoms with Gasteiger partial charge in [-0.15, -0.1) is 11.8 Å². The fourth-order valence-electron chi connectivity index (χ4n) is 3.22. The Morgan fingerprint density at radius 1 is 1.23 bits per heavy atom. The van der Waals surface area contributed by atoms with Gasteiger partial charge in [0.05, 0.1) is 17.4 Å². The van der Waals surface area contributed by atoms with Crippen LogP contribution in [-0.4, -0.2) is 47.1 Å². The van der Waals surface area contributed by atoms with Crippen LogP contribution in [0, 0.1) is 0 Å². The largest absolute Gasteiger partial charge is 0.452 e. The minimum absolute atomic E-state index is 0.0531. The lowest BCUT2D eigenvalue weighted by Gasteiger charge is -2.25. The topological polar surface area (TPSA) is 75.7 Å². The third-order valence-corrected chi connectivity index (χ3v) is 5.91. The zero-order chi connectivity index (χ0) is 18.5. The Morgan fingerprint density at radius 3 is 2.65 bits per heavy atom. The number of anilines is 1. The summed E-state index contributed by atoms with van der Waals surface area (Å²) >= 11 is 1.35. The van der Waals surface area contributed by atoms with Gasteiger partial charge in [-0.3, -0.25) is 14.4 Å². The zero-order valence-electron chi connectivity index (χ0n) is 14.9. The van der Waals surface area contributed by atoms with E-state index in [2.05, 4.69) is 5.32 Å². The Labute approximate surface area is 157 Å². The van der Waals surface area contributed by atoms with Gasteiger partial charge in [0.25, 0.3) is 5.91 Å². The first-order valence-corrected chi connectivity index (χ1v) is 9.97. The molecule has 1 N–H and O–H groups in total. The summed E-state index contributed by atoms with van der Waals surface area (Å²) in [5.41, 5.74) is 0.761. The van der Waals surface area contributed by atoms with E-state index in [1.165, 1.54) is 11.8 Å². The summed E-state index contributed by atoms with van der Waals surface area (Å²) in [5.74, 6) is -0.879. The number of thioether (sulfide) groups is 1. The van der Waals surface area contributed by atoms with E-state index in [0.717, 1.165) is 49.4 Å². The van der Waals surface area contributed by atoms with Crippen LogP contribution < -0.4 is 5.32 Å². The summed E-state index contributed by atoms with van der Waals surface area (Å²) < 4.78 is 5.32. The van der Waals surface area contributed by atoms with Crippen LogP contribution in [0.5, 0.6) is 0 Å². The minimum Gasteiger partial charge on any atom is -0.452 e. The molecule has 3 rings (SSSR count). The molecule has 26 heavy (non-hydrogen) atoms. The number of carbonyl (C=O) groups is 3. The van der Waals surface area contributed by atoms with Crippen LogP contribution in [0.4, 0.5) is 5.69 Å². The van der Waals surface area contributed by atoms with Gasteiger partial charge in [-0.1, -0.05) is 25.0 Å². The van der Waals surface area contributed by atoms with Crippen molar-refractivity contribution in [2.45, 2.75) is 55.3 Å². The van der Waals surface area contributed by atoms with E-state index in [1.807, 2.05) is 24.3 Å². The number of amides is 2. The number of carbonyl (C=O) groups excluding carboxylic acids is 3. The minimum atomic E-state index is -0.815. The van der Waals surface area contributed by atoms with Crippen molar-refractivity contribution in [1.29, 1.82) is 0 Å².